The first-order chi connectivity index (χ1) is 16.5. The molecule has 0 aliphatic carbocycles. The number of esters is 1. The fourth-order valence-corrected chi connectivity index (χ4v) is 3.50. The zero-order valence-electron chi connectivity index (χ0n) is 18.9. The molecule has 0 radical (unpaired) electrons. The molecule has 6 nitrogen and oxygen atoms in total. The number of hydrogen-bond donors (Lipinski definition) is 1. The number of carbonyl (C=O) groups excluding carboxylic acids is 2. The molecule has 34 heavy (non-hydrogen) atoms. The van der Waals surface area contributed by atoms with E-state index >= 15 is 0 Å². The molecule has 170 valence electrons. The first-order valence-electron chi connectivity index (χ1n) is 10.8. The topological polar surface area (TPSA) is 77.0 Å². The average molecular weight is 453 g/mol. The quantitative estimate of drug-likeness (QED) is 0.181. The molecule has 4 rings (SSSR count). The monoisotopic (exact) mass is 452 g/mol. The van der Waals surface area contributed by atoms with Gasteiger partial charge in [-0.25, -0.2) is 10.2 Å². The van der Waals surface area contributed by atoms with E-state index in [2.05, 4.69) is 10.5 Å². The second kappa shape index (κ2) is 10.4. The lowest BCUT2D eigenvalue weighted by molar-refractivity contribution is -0.123. The van der Waals surface area contributed by atoms with E-state index in [-0.39, 0.29) is 12.5 Å². The zero-order chi connectivity index (χ0) is 23.9. The molecule has 0 aliphatic heterocycles. The van der Waals surface area contributed by atoms with Crippen molar-refractivity contribution in [2.45, 2.75) is 13.8 Å². The first kappa shape index (κ1) is 22.7. The molecule has 0 bridgehead atoms. The van der Waals surface area contributed by atoms with Gasteiger partial charge in [0.25, 0.3) is 5.91 Å². The molecule has 0 spiro atoms. The van der Waals surface area contributed by atoms with E-state index in [1.807, 2.05) is 68.4 Å². The van der Waals surface area contributed by atoms with Gasteiger partial charge in [-0.05, 0) is 72.1 Å². The molecule has 0 saturated heterocycles. The molecule has 0 atom stereocenters. The number of carbonyl (C=O) groups is 2. The van der Waals surface area contributed by atoms with Crippen molar-refractivity contribution in [3.05, 3.63) is 107 Å². The lowest BCUT2D eigenvalue weighted by atomic mass is 10.0. The second-order valence-electron chi connectivity index (χ2n) is 7.84. The van der Waals surface area contributed by atoms with Gasteiger partial charge in [-0.3, -0.25) is 4.79 Å². The molecular formula is C28H24N2O4. The van der Waals surface area contributed by atoms with Gasteiger partial charge in [0.2, 0.25) is 0 Å². The summed E-state index contributed by atoms with van der Waals surface area (Å²) < 4.78 is 11.1. The van der Waals surface area contributed by atoms with Gasteiger partial charge in [0, 0.05) is 0 Å². The Balaban J connectivity index is 1.30. The van der Waals surface area contributed by atoms with Gasteiger partial charge in [0.1, 0.15) is 11.5 Å². The number of ether oxygens (including phenoxy) is 2. The summed E-state index contributed by atoms with van der Waals surface area (Å²) in [7, 11) is 0. The number of nitrogens with zero attached hydrogens (tertiary/aromatic N) is 1. The van der Waals surface area contributed by atoms with Crippen LogP contribution >= 0.6 is 0 Å². The van der Waals surface area contributed by atoms with Crippen LogP contribution in [0.15, 0.2) is 90.0 Å². The number of fused-ring (bicyclic) bond motifs is 1. The van der Waals surface area contributed by atoms with Crippen molar-refractivity contribution in [2.75, 3.05) is 6.61 Å². The molecule has 0 aromatic heterocycles. The average Bonchev–Trinajstić information content (AvgIpc) is 2.84. The Kier molecular flexibility index (Phi) is 6.98. The minimum atomic E-state index is -0.422. The Bertz CT molecular complexity index is 1360. The smallest absolute Gasteiger partial charge is 0.344 e. The molecule has 4 aromatic carbocycles. The fraction of sp³-hybridized carbons (Fsp3) is 0.107. The highest BCUT2D eigenvalue weighted by Gasteiger charge is 2.12. The first-order valence-corrected chi connectivity index (χ1v) is 10.8. The van der Waals surface area contributed by atoms with Crippen LogP contribution in [-0.2, 0) is 4.79 Å². The highest BCUT2D eigenvalue weighted by molar-refractivity contribution is 6.05. The zero-order valence-corrected chi connectivity index (χ0v) is 18.9. The van der Waals surface area contributed by atoms with Crippen LogP contribution in [0.3, 0.4) is 0 Å². The number of hydrogen-bond acceptors (Lipinski definition) is 5. The van der Waals surface area contributed by atoms with Crippen LogP contribution in [0.1, 0.15) is 27.0 Å². The Hall–Kier alpha value is -4.45. The van der Waals surface area contributed by atoms with E-state index in [0.717, 1.165) is 27.5 Å². The summed E-state index contributed by atoms with van der Waals surface area (Å²) in [5, 5.41) is 5.77. The molecule has 0 fully saturated rings. The van der Waals surface area contributed by atoms with E-state index < -0.39 is 5.97 Å². The van der Waals surface area contributed by atoms with Crippen molar-refractivity contribution in [3.63, 3.8) is 0 Å². The molecular weight excluding hydrogens is 428 g/mol. The lowest BCUT2D eigenvalue weighted by Crippen LogP contribution is -2.24. The fourth-order valence-electron chi connectivity index (χ4n) is 3.50. The Morgan fingerprint density at radius 2 is 1.68 bits per heavy atom. The summed E-state index contributed by atoms with van der Waals surface area (Å²) in [6.07, 6.45) is 1.51. The number of rotatable bonds is 7. The Morgan fingerprint density at radius 3 is 2.47 bits per heavy atom. The highest BCUT2D eigenvalue weighted by atomic mass is 16.5. The largest absolute Gasteiger partial charge is 0.483 e. The Labute approximate surface area is 197 Å². The standard InChI is InChI=1S/C28H24N2O4/c1-19-10-15-26(20(2)16-19)33-18-27(31)30-29-17-21-11-13-23(14-12-21)34-28(32)25-9-5-7-22-6-3-4-8-24(22)25/h3-17H,18H2,1-2H3,(H,30,31). The van der Waals surface area contributed by atoms with Crippen LogP contribution in [0.4, 0.5) is 0 Å². The van der Waals surface area contributed by atoms with Gasteiger partial charge in [-0.2, -0.15) is 5.10 Å². The number of hydrazone groups is 1. The summed E-state index contributed by atoms with van der Waals surface area (Å²) in [4.78, 5) is 24.6. The lowest BCUT2D eigenvalue weighted by Gasteiger charge is -2.08. The van der Waals surface area contributed by atoms with Crippen molar-refractivity contribution in [2.24, 2.45) is 5.10 Å². The maximum Gasteiger partial charge on any atom is 0.344 e. The molecule has 1 amide bonds. The Morgan fingerprint density at radius 1 is 0.912 bits per heavy atom. The number of nitrogens with one attached hydrogen (secondary N) is 1. The molecule has 0 heterocycles. The summed E-state index contributed by atoms with van der Waals surface area (Å²) in [6.45, 7) is 3.80. The van der Waals surface area contributed by atoms with Gasteiger partial charge in [0.15, 0.2) is 6.61 Å². The van der Waals surface area contributed by atoms with Crippen LogP contribution in [-0.4, -0.2) is 24.7 Å². The number of benzene rings is 4. The summed E-state index contributed by atoms with van der Waals surface area (Å²) >= 11 is 0. The van der Waals surface area contributed by atoms with Crippen LogP contribution in [0.25, 0.3) is 10.8 Å². The molecule has 6 heteroatoms. The van der Waals surface area contributed by atoms with Crippen molar-refractivity contribution < 1.29 is 19.1 Å². The predicted molar refractivity (Wildman–Crippen MR) is 132 cm³/mol. The van der Waals surface area contributed by atoms with E-state index in [9.17, 15) is 9.59 Å². The van der Waals surface area contributed by atoms with Crippen molar-refractivity contribution >= 4 is 28.9 Å². The maximum atomic E-state index is 12.7. The van der Waals surface area contributed by atoms with E-state index in [4.69, 9.17) is 9.47 Å². The van der Waals surface area contributed by atoms with Crippen molar-refractivity contribution in [1.82, 2.24) is 5.43 Å². The molecule has 0 unspecified atom stereocenters. The molecule has 0 saturated carbocycles. The van der Waals surface area contributed by atoms with Crippen molar-refractivity contribution in [3.8, 4) is 11.5 Å². The highest BCUT2D eigenvalue weighted by Crippen LogP contribution is 2.21. The molecule has 1 N–H and O–H groups in total. The third-order valence-electron chi connectivity index (χ3n) is 5.19. The van der Waals surface area contributed by atoms with E-state index in [1.165, 1.54) is 6.21 Å². The van der Waals surface area contributed by atoms with Crippen LogP contribution in [0, 0.1) is 13.8 Å². The van der Waals surface area contributed by atoms with Gasteiger partial charge in [-0.1, -0.05) is 54.1 Å². The molecule has 4 aromatic rings. The van der Waals surface area contributed by atoms with E-state index in [0.29, 0.717) is 17.1 Å². The van der Waals surface area contributed by atoms with Gasteiger partial charge < -0.3 is 9.47 Å². The maximum absolute atomic E-state index is 12.7. The predicted octanol–water partition coefficient (Wildman–Crippen LogP) is 5.20. The summed E-state index contributed by atoms with van der Waals surface area (Å²) in [5.74, 6) is 0.297. The summed E-state index contributed by atoms with van der Waals surface area (Å²) in [5.41, 5.74) is 5.79. The van der Waals surface area contributed by atoms with Gasteiger partial charge >= 0.3 is 5.97 Å². The summed E-state index contributed by atoms with van der Waals surface area (Å²) in [6, 6.07) is 25.8. The number of amides is 1. The van der Waals surface area contributed by atoms with Crippen LogP contribution < -0.4 is 14.9 Å². The minimum Gasteiger partial charge on any atom is -0.483 e. The molecule has 0 aliphatic rings. The van der Waals surface area contributed by atoms with E-state index in [1.54, 1.807) is 30.3 Å². The third kappa shape index (κ3) is 5.66. The third-order valence-corrected chi connectivity index (χ3v) is 5.19. The normalized spacial score (nSPS) is 10.9. The van der Waals surface area contributed by atoms with Crippen LogP contribution in [0.2, 0.25) is 0 Å². The second-order valence-corrected chi connectivity index (χ2v) is 7.84. The van der Waals surface area contributed by atoms with Crippen molar-refractivity contribution in [1.29, 1.82) is 0 Å². The number of aryl methyl sites for hydroxylation is 2. The van der Waals surface area contributed by atoms with Gasteiger partial charge in [-0.15, -0.1) is 0 Å². The SMILES string of the molecule is Cc1ccc(OCC(=O)NN=Cc2ccc(OC(=O)c3cccc4ccccc34)cc2)c(C)c1. The van der Waals surface area contributed by atoms with Crippen LogP contribution in [0.5, 0.6) is 11.5 Å². The minimum absolute atomic E-state index is 0.135. The van der Waals surface area contributed by atoms with Gasteiger partial charge in [0.05, 0.1) is 11.8 Å².